The van der Waals surface area contributed by atoms with E-state index >= 15 is 0 Å². The van der Waals surface area contributed by atoms with Gasteiger partial charge in [-0.3, -0.25) is 4.79 Å². The lowest BCUT2D eigenvalue weighted by atomic mass is 10.2. The molecule has 8 heteroatoms. The molecule has 1 unspecified atom stereocenters. The van der Waals surface area contributed by atoms with Crippen LogP contribution in [0.1, 0.15) is 6.42 Å². The van der Waals surface area contributed by atoms with E-state index in [1.807, 2.05) is 0 Å². The van der Waals surface area contributed by atoms with Crippen molar-refractivity contribution in [3.8, 4) is 0 Å². The highest BCUT2D eigenvalue weighted by atomic mass is 35.5. The average Bonchev–Trinajstić information content (AvgIpc) is 2.39. The first kappa shape index (κ1) is 17.1. The molecule has 0 aromatic heterocycles. The van der Waals surface area contributed by atoms with Crippen molar-refractivity contribution in [3.05, 3.63) is 28.2 Å². The summed E-state index contributed by atoms with van der Waals surface area (Å²) in [5, 5.41) is 20.9. The van der Waals surface area contributed by atoms with E-state index in [1.165, 1.54) is 0 Å². The lowest BCUT2D eigenvalue weighted by Crippen LogP contribution is -2.42. The Hall–Kier alpha value is -0.950. The topological polar surface area (TPSA) is 86.6 Å². The number of carboxylic acids is 1. The van der Waals surface area contributed by atoms with Crippen LogP contribution in [0.2, 0.25) is 10.0 Å². The standard InChI is InChI=1S/C12H13Cl2NO4S/c13-7-1-2-8(14)10(5-7)20-6-11(17)15-9(3-4-16)12(18)19/h1-2,5,9,16H,3-4,6H2,(H,15,17)(H,18,19). The quantitative estimate of drug-likeness (QED) is 0.663. The Morgan fingerprint density at radius 1 is 1.35 bits per heavy atom. The third-order valence-electron chi connectivity index (χ3n) is 2.30. The minimum Gasteiger partial charge on any atom is -0.480 e. The Bertz CT molecular complexity index is 498. The van der Waals surface area contributed by atoms with E-state index in [-0.39, 0.29) is 18.8 Å². The molecule has 0 radical (unpaired) electrons. The predicted octanol–water partition coefficient (Wildman–Crippen LogP) is 2.04. The van der Waals surface area contributed by atoms with Crippen molar-refractivity contribution in [2.45, 2.75) is 17.4 Å². The number of aliphatic hydroxyl groups excluding tert-OH is 1. The van der Waals surface area contributed by atoms with Gasteiger partial charge < -0.3 is 15.5 Å². The zero-order chi connectivity index (χ0) is 15.1. The number of rotatable bonds is 7. The second-order valence-corrected chi connectivity index (χ2v) is 5.69. The molecule has 0 saturated heterocycles. The van der Waals surface area contributed by atoms with E-state index in [0.29, 0.717) is 14.9 Å². The van der Waals surface area contributed by atoms with Crippen LogP contribution in [0.5, 0.6) is 0 Å². The summed E-state index contributed by atoms with van der Waals surface area (Å²) in [6.45, 7) is -0.315. The number of nitrogens with one attached hydrogen (secondary N) is 1. The number of carbonyl (C=O) groups excluding carboxylic acids is 1. The van der Waals surface area contributed by atoms with Crippen molar-refractivity contribution >= 4 is 46.8 Å². The van der Waals surface area contributed by atoms with Crippen molar-refractivity contribution in [2.24, 2.45) is 0 Å². The minimum absolute atomic E-state index is 0.00920. The lowest BCUT2D eigenvalue weighted by Gasteiger charge is -2.13. The SMILES string of the molecule is O=C(CSc1cc(Cl)ccc1Cl)NC(CCO)C(=O)O. The van der Waals surface area contributed by atoms with Crippen molar-refractivity contribution < 1.29 is 19.8 Å². The maximum absolute atomic E-state index is 11.6. The van der Waals surface area contributed by atoms with Gasteiger partial charge in [0.1, 0.15) is 6.04 Å². The molecule has 0 heterocycles. The lowest BCUT2D eigenvalue weighted by molar-refractivity contribution is -0.141. The van der Waals surface area contributed by atoms with Crippen LogP contribution in [-0.4, -0.2) is 40.5 Å². The maximum atomic E-state index is 11.6. The molecular formula is C12H13Cl2NO4S. The summed E-state index contributed by atoms with van der Waals surface area (Å²) >= 11 is 12.9. The maximum Gasteiger partial charge on any atom is 0.326 e. The smallest absolute Gasteiger partial charge is 0.326 e. The molecule has 0 aliphatic carbocycles. The second-order valence-electron chi connectivity index (χ2n) is 3.83. The number of amides is 1. The molecule has 0 bridgehead atoms. The van der Waals surface area contributed by atoms with Gasteiger partial charge in [0.25, 0.3) is 0 Å². The van der Waals surface area contributed by atoms with E-state index in [2.05, 4.69) is 5.32 Å². The summed E-state index contributed by atoms with van der Waals surface area (Å²) in [7, 11) is 0. The van der Waals surface area contributed by atoms with E-state index < -0.39 is 17.9 Å². The van der Waals surface area contributed by atoms with Crippen molar-refractivity contribution in [2.75, 3.05) is 12.4 Å². The molecule has 0 aliphatic rings. The van der Waals surface area contributed by atoms with Crippen molar-refractivity contribution in [1.82, 2.24) is 5.32 Å². The molecule has 0 fully saturated rings. The van der Waals surface area contributed by atoms with Crippen molar-refractivity contribution in [1.29, 1.82) is 0 Å². The molecule has 1 atom stereocenters. The summed E-state index contributed by atoms with van der Waals surface area (Å²) in [4.78, 5) is 23.1. The van der Waals surface area contributed by atoms with Gasteiger partial charge >= 0.3 is 5.97 Å². The summed E-state index contributed by atoms with van der Waals surface area (Å²) in [6, 6.07) is 3.79. The van der Waals surface area contributed by atoms with Gasteiger partial charge in [-0.05, 0) is 18.2 Å². The second kappa shape index (κ2) is 8.36. The van der Waals surface area contributed by atoms with Crippen LogP contribution in [0.3, 0.4) is 0 Å². The van der Waals surface area contributed by atoms with Gasteiger partial charge in [-0.15, -0.1) is 11.8 Å². The highest BCUT2D eigenvalue weighted by Crippen LogP contribution is 2.29. The molecule has 1 aromatic rings. The monoisotopic (exact) mass is 337 g/mol. The zero-order valence-corrected chi connectivity index (χ0v) is 12.6. The Balaban J connectivity index is 2.54. The fraction of sp³-hybridized carbons (Fsp3) is 0.333. The molecule has 0 spiro atoms. The molecule has 3 N–H and O–H groups in total. The number of halogens is 2. The highest BCUT2D eigenvalue weighted by molar-refractivity contribution is 8.00. The summed E-state index contributed by atoms with van der Waals surface area (Å²) in [5.74, 6) is -1.62. The number of thioether (sulfide) groups is 1. The van der Waals surface area contributed by atoms with Crippen molar-refractivity contribution in [3.63, 3.8) is 0 Å². The van der Waals surface area contributed by atoms with Gasteiger partial charge in [0.2, 0.25) is 5.91 Å². The Morgan fingerprint density at radius 3 is 2.65 bits per heavy atom. The van der Waals surface area contributed by atoms with E-state index in [4.69, 9.17) is 33.4 Å². The molecule has 1 rings (SSSR count). The van der Waals surface area contributed by atoms with E-state index in [9.17, 15) is 9.59 Å². The normalized spacial score (nSPS) is 11.9. The molecule has 0 aliphatic heterocycles. The molecule has 0 saturated carbocycles. The molecule has 5 nitrogen and oxygen atoms in total. The summed E-state index contributed by atoms with van der Waals surface area (Å²) in [6.07, 6.45) is -0.0380. The number of carbonyl (C=O) groups is 2. The Labute approximate surface area is 130 Å². The Morgan fingerprint density at radius 2 is 2.05 bits per heavy atom. The van der Waals surface area contributed by atoms with Gasteiger partial charge in [-0.25, -0.2) is 4.79 Å². The number of carboxylic acid groups (broad SMARTS) is 1. The van der Waals surface area contributed by atoms with Gasteiger partial charge in [0.15, 0.2) is 0 Å². The van der Waals surface area contributed by atoms with Crippen LogP contribution in [0, 0.1) is 0 Å². The zero-order valence-electron chi connectivity index (χ0n) is 10.3. The molecule has 1 amide bonds. The van der Waals surface area contributed by atoms with Gasteiger partial charge in [-0.2, -0.15) is 0 Å². The third-order valence-corrected chi connectivity index (χ3v) is 4.04. The van der Waals surface area contributed by atoms with Gasteiger partial charge in [-0.1, -0.05) is 23.2 Å². The van der Waals surface area contributed by atoms with Crippen LogP contribution < -0.4 is 5.32 Å². The summed E-state index contributed by atoms with van der Waals surface area (Å²) < 4.78 is 0. The predicted molar refractivity (Wildman–Crippen MR) is 78.5 cm³/mol. The number of hydrogen-bond donors (Lipinski definition) is 3. The van der Waals surface area contributed by atoms with E-state index in [1.54, 1.807) is 18.2 Å². The fourth-order valence-corrected chi connectivity index (χ4v) is 2.66. The first-order chi connectivity index (χ1) is 9.43. The fourth-order valence-electron chi connectivity index (χ4n) is 1.35. The molecule has 20 heavy (non-hydrogen) atoms. The number of aliphatic carboxylic acids is 1. The highest BCUT2D eigenvalue weighted by Gasteiger charge is 2.19. The van der Waals surface area contributed by atoms with Crippen LogP contribution in [0.4, 0.5) is 0 Å². The van der Waals surface area contributed by atoms with E-state index in [0.717, 1.165) is 11.8 Å². The first-order valence-electron chi connectivity index (χ1n) is 5.65. The van der Waals surface area contributed by atoms with Crippen LogP contribution >= 0.6 is 35.0 Å². The van der Waals surface area contributed by atoms with Crippen LogP contribution in [0.25, 0.3) is 0 Å². The van der Waals surface area contributed by atoms with Crippen LogP contribution in [-0.2, 0) is 9.59 Å². The number of benzene rings is 1. The number of hydrogen-bond acceptors (Lipinski definition) is 4. The van der Waals surface area contributed by atoms with Gasteiger partial charge in [0, 0.05) is 22.9 Å². The minimum atomic E-state index is -1.18. The Kier molecular flexibility index (Phi) is 7.15. The average molecular weight is 338 g/mol. The number of aliphatic hydroxyl groups is 1. The third kappa shape index (κ3) is 5.58. The molecular weight excluding hydrogens is 325 g/mol. The van der Waals surface area contributed by atoms with Gasteiger partial charge in [0.05, 0.1) is 10.8 Å². The van der Waals surface area contributed by atoms with Crippen LogP contribution in [0.15, 0.2) is 23.1 Å². The largest absolute Gasteiger partial charge is 0.480 e. The molecule has 1 aromatic carbocycles. The molecule has 110 valence electrons. The summed E-state index contributed by atoms with van der Waals surface area (Å²) in [5.41, 5.74) is 0. The first-order valence-corrected chi connectivity index (χ1v) is 7.39.